The van der Waals surface area contributed by atoms with E-state index in [-0.39, 0.29) is 0 Å². The van der Waals surface area contributed by atoms with Gasteiger partial charge in [-0.1, -0.05) is 17.7 Å². The van der Waals surface area contributed by atoms with Gasteiger partial charge in [0.2, 0.25) is 0 Å². The zero-order valence-electron chi connectivity index (χ0n) is 17.9. The van der Waals surface area contributed by atoms with Gasteiger partial charge in [-0.25, -0.2) is 0 Å². The second-order valence-corrected chi connectivity index (χ2v) is 8.43. The molecule has 3 rings (SSSR count). The SMILES string of the molecule is COc1ccc(CCN(C(=S)Nc2ccc(Cl)cc2)C2CCN(C)CC2)cc1OC. The van der Waals surface area contributed by atoms with E-state index in [1.165, 1.54) is 5.56 Å². The van der Waals surface area contributed by atoms with Gasteiger partial charge in [0.25, 0.3) is 0 Å². The van der Waals surface area contributed by atoms with E-state index in [9.17, 15) is 0 Å². The van der Waals surface area contributed by atoms with Gasteiger partial charge in [-0.2, -0.15) is 0 Å². The molecule has 162 valence electrons. The number of methoxy groups -OCH3 is 2. The lowest BCUT2D eigenvalue weighted by Gasteiger charge is -2.39. The normalized spacial score (nSPS) is 14.9. The Kier molecular flexibility index (Phi) is 8.19. The van der Waals surface area contributed by atoms with E-state index in [2.05, 4.69) is 28.2 Å². The van der Waals surface area contributed by atoms with Crippen molar-refractivity contribution in [3.63, 3.8) is 0 Å². The maximum absolute atomic E-state index is 6.02. The monoisotopic (exact) mass is 447 g/mol. The first-order chi connectivity index (χ1) is 14.5. The summed E-state index contributed by atoms with van der Waals surface area (Å²) in [4.78, 5) is 4.71. The first-order valence-electron chi connectivity index (χ1n) is 10.2. The molecule has 0 bridgehead atoms. The molecular weight excluding hydrogens is 418 g/mol. The van der Waals surface area contributed by atoms with Crippen molar-refractivity contribution in [2.24, 2.45) is 0 Å². The number of hydrogen-bond donors (Lipinski definition) is 1. The van der Waals surface area contributed by atoms with Gasteiger partial charge in [-0.15, -0.1) is 0 Å². The summed E-state index contributed by atoms with van der Waals surface area (Å²) in [5.74, 6) is 1.50. The lowest BCUT2D eigenvalue weighted by molar-refractivity contribution is 0.178. The van der Waals surface area contributed by atoms with E-state index in [1.54, 1.807) is 14.2 Å². The molecule has 30 heavy (non-hydrogen) atoms. The summed E-state index contributed by atoms with van der Waals surface area (Å²) < 4.78 is 10.8. The van der Waals surface area contributed by atoms with Crippen LogP contribution in [-0.2, 0) is 6.42 Å². The Morgan fingerprint density at radius 2 is 1.77 bits per heavy atom. The summed E-state index contributed by atoms with van der Waals surface area (Å²) in [5, 5.41) is 4.87. The molecule has 0 aromatic heterocycles. The zero-order valence-corrected chi connectivity index (χ0v) is 19.4. The standard InChI is InChI=1S/C23H30ClN3O2S/c1-26-13-11-20(12-14-26)27(23(30)25-19-7-5-18(24)6-8-19)15-10-17-4-9-21(28-2)22(16-17)29-3/h4-9,16,20H,10-15H2,1-3H3,(H,25,30). The highest BCUT2D eigenvalue weighted by Gasteiger charge is 2.25. The largest absolute Gasteiger partial charge is 0.493 e. The number of benzene rings is 2. The number of nitrogens with one attached hydrogen (secondary N) is 1. The first-order valence-corrected chi connectivity index (χ1v) is 11.0. The zero-order chi connectivity index (χ0) is 21.5. The van der Waals surface area contributed by atoms with Gasteiger partial charge in [0.15, 0.2) is 16.6 Å². The Hall–Kier alpha value is -2.02. The van der Waals surface area contributed by atoms with Crippen molar-refractivity contribution in [2.75, 3.05) is 46.2 Å². The van der Waals surface area contributed by atoms with E-state index in [1.807, 2.05) is 36.4 Å². The molecule has 1 fully saturated rings. The molecular formula is C23H30ClN3O2S. The molecule has 0 saturated carbocycles. The number of hydrogen-bond acceptors (Lipinski definition) is 4. The minimum absolute atomic E-state index is 0.425. The second-order valence-electron chi connectivity index (χ2n) is 7.60. The van der Waals surface area contributed by atoms with Crippen molar-refractivity contribution >= 4 is 34.6 Å². The number of piperidine rings is 1. The minimum Gasteiger partial charge on any atom is -0.493 e. The molecule has 1 aliphatic heterocycles. The predicted molar refractivity (Wildman–Crippen MR) is 128 cm³/mol. The van der Waals surface area contributed by atoms with Crippen LogP contribution in [0.3, 0.4) is 0 Å². The fourth-order valence-corrected chi connectivity index (χ4v) is 4.25. The van der Waals surface area contributed by atoms with Crippen molar-refractivity contribution in [1.82, 2.24) is 9.80 Å². The maximum atomic E-state index is 6.02. The molecule has 0 unspecified atom stereocenters. The summed E-state index contributed by atoms with van der Waals surface area (Å²) >= 11 is 11.8. The van der Waals surface area contributed by atoms with Gasteiger partial charge in [-0.3, -0.25) is 0 Å². The average molecular weight is 448 g/mol. The van der Waals surface area contributed by atoms with Crippen LogP contribution in [0.2, 0.25) is 5.02 Å². The van der Waals surface area contributed by atoms with Crippen LogP contribution in [0, 0.1) is 0 Å². The van der Waals surface area contributed by atoms with E-state index >= 15 is 0 Å². The third-order valence-electron chi connectivity index (χ3n) is 5.57. The van der Waals surface area contributed by atoms with Gasteiger partial charge in [0.1, 0.15) is 0 Å². The molecule has 0 radical (unpaired) electrons. The highest BCUT2D eigenvalue weighted by Crippen LogP contribution is 2.28. The summed E-state index contributed by atoms with van der Waals surface area (Å²) in [6.45, 7) is 3.01. The Bertz CT molecular complexity index is 839. The minimum atomic E-state index is 0.425. The van der Waals surface area contributed by atoms with Crippen LogP contribution < -0.4 is 14.8 Å². The number of halogens is 1. The van der Waals surface area contributed by atoms with Gasteiger partial charge >= 0.3 is 0 Å². The predicted octanol–water partition coefficient (Wildman–Crippen LogP) is 4.69. The summed E-state index contributed by atoms with van der Waals surface area (Å²) in [7, 11) is 5.49. The van der Waals surface area contributed by atoms with Gasteiger partial charge in [0, 0.05) is 23.3 Å². The molecule has 1 heterocycles. The molecule has 7 heteroatoms. The van der Waals surface area contributed by atoms with E-state index in [0.717, 1.165) is 61.2 Å². The third-order valence-corrected chi connectivity index (χ3v) is 6.16. The smallest absolute Gasteiger partial charge is 0.173 e. The van der Waals surface area contributed by atoms with Crippen molar-refractivity contribution < 1.29 is 9.47 Å². The van der Waals surface area contributed by atoms with Crippen LogP contribution in [0.4, 0.5) is 5.69 Å². The number of likely N-dealkylation sites (tertiary alicyclic amines) is 1. The molecule has 0 atom stereocenters. The lowest BCUT2D eigenvalue weighted by atomic mass is 10.0. The van der Waals surface area contributed by atoms with Crippen molar-refractivity contribution in [3.8, 4) is 11.5 Å². The number of thiocarbonyl (C=S) groups is 1. The third kappa shape index (κ3) is 6.00. The summed E-state index contributed by atoms with van der Waals surface area (Å²) in [6, 6.07) is 14.2. The van der Waals surface area contributed by atoms with Crippen molar-refractivity contribution in [3.05, 3.63) is 53.1 Å². The van der Waals surface area contributed by atoms with E-state index in [0.29, 0.717) is 11.1 Å². The quantitative estimate of drug-likeness (QED) is 0.620. The number of ether oxygens (including phenoxy) is 2. The molecule has 1 N–H and O–H groups in total. The molecule has 5 nitrogen and oxygen atoms in total. The Morgan fingerprint density at radius 3 is 2.40 bits per heavy atom. The maximum Gasteiger partial charge on any atom is 0.173 e. The Balaban J connectivity index is 1.72. The number of anilines is 1. The van der Waals surface area contributed by atoms with Crippen LogP contribution in [0.25, 0.3) is 0 Å². The number of rotatable bonds is 7. The molecule has 2 aromatic carbocycles. The molecule has 1 saturated heterocycles. The molecule has 2 aromatic rings. The van der Waals surface area contributed by atoms with Gasteiger partial charge in [0.05, 0.1) is 14.2 Å². The van der Waals surface area contributed by atoms with Gasteiger partial charge in [-0.05, 0) is 93.6 Å². The molecule has 1 aliphatic rings. The van der Waals surface area contributed by atoms with Crippen molar-refractivity contribution in [2.45, 2.75) is 25.3 Å². The summed E-state index contributed by atoms with van der Waals surface area (Å²) in [5.41, 5.74) is 2.15. The van der Waals surface area contributed by atoms with Crippen LogP contribution >= 0.6 is 23.8 Å². The Labute approximate surface area is 189 Å². The topological polar surface area (TPSA) is 37.0 Å². The molecule has 0 amide bonds. The molecule has 0 spiro atoms. The van der Waals surface area contributed by atoms with Crippen LogP contribution in [0.15, 0.2) is 42.5 Å². The first kappa shape index (κ1) is 22.7. The number of nitrogens with zero attached hydrogens (tertiary/aromatic N) is 2. The lowest BCUT2D eigenvalue weighted by Crippen LogP contribution is -2.48. The highest BCUT2D eigenvalue weighted by atomic mass is 35.5. The summed E-state index contributed by atoms with van der Waals surface area (Å²) in [6.07, 6.45) is 3.07. The van der Waals surface area contributed by atoms with Crippen LogP contribution in [0.1, 0.15) is 18.4 Å². The van der Waals surface area contributed by atoms with Crippen LogP contribution in [-0.4, -0.2) is 61.9 Å². The average Bonchev–Trinajstić information content (AvgIpc) is 2.76. The highest BCUT2D eigenvalue weighted by molar-refractivity contribution is 7.80. The van der Waals surface area contributed by atoms with Gasteiger partial charge < -0.3 is 24.6 Å². The molecule has 0 aliphatic carbocycles. The Morgan fingerprint density at radius 1 is 1.10 bits per heavy atom. The fourth-order valence-electron chi connectivity index (χ4n) is 3.77. The van der Waals surface area contributed by atoms with Crippen LogP contribution in [0.5, 0.6) is 11.5 Å². The van der Waals surface area contributed by atoms with E-state index < -0.39 is 0 Å². The van der Waals surface area contributed by atoms with Crippen molar-refractivity contribution in [1.29, 1.82) is 0 Å². The fraction of sp³-hybridized carbons (Fsp3) is 0.435. The second kappa shape index (κ2) is 10.8. The van der Waals surface area contributed by atoms with E-state index in [4.69, 9.17) is 33.3 Å².